The van der Waals surface area contributed by atoms with Gasteiger partial charge in [-0.25, -0.2) is 4.79 Å². The molecule has 106 valence electrons. The topological polar surface area (TPSA) is 29.5 Å². The third-order valence-corrected chi connectivity index (χ3v) is 3.73. The Balaban J connectivity index is 2.96. The molecule has 0 saturated carbocycles. The molecule has 0 spiro atoms. The average Bonchev–Trinajstić information content (AvgIpc) is 2.17. The number of rotatable bonds is 2. The maximum absolute atomic E-state index is 12.0. The number of ether oxygens (including phenoxy) is 1. The second-order valence-electron chi connectivity index (χ2n) is 7.59. The van der Waals surface area contributed by atoms with Gasteiger partial charge in [0.2, 0.25) is 0 Å². The Labute approximate surface area is 112 Å². The van der Waals surface area contributed by atoms with E-state index in [0.29, 0.717) is 5.92 Å². The zero-order valence-corrected chi connectivity index (χ0v) is 13.0. The molecule has 1 rings (SSSR count). The van der Waals surface area contributed by atoms with Gasteiger partial charge in [-0.15, -0.1) is 0 Å². The molecule has 0 radical (unpaired) electrons. The Morgan fingerprint density at radius 2 is 1.72 bits per heavy atom. The van der Waals surface area contributed by atoms with E-state index < -0.39 is 0 Å². The average molecular weight is 255 g/mol. The lowest BCUT2D eigenvalue weighted by Gasteiger charge is -2.48. The first-order valence-electron chi connectivity index (χ1n) is 7.03. The van der Waals surface area contributed by atoms with Crippen LogP contribution in [-0.2, 0) is 4.74 Å². The van der Waals surface area contributed by atoms with Crippen LogP contribution in [0.2, 0.25) is 0 Å². The fourth-order valence-electron chi connectivity index (χ4n) is 2.63. The Bertz CT molecular complexity index is 299. The molecule has 2 atom stereocenters. The molecule has 0 aromatic rings. The van der Waals surface area contributed by atoms with Crippen LogP contribution in [-0.4, -0.2) is 30.2 Å². The van der Waals surface area contributed by atoms with Crippen LogP contribution in [0, 0.1) is 16.7 Å². The van der Waals surface area contributed by atoms with E-state index in [1.165, 1.54) is 0 Å². The Kier molecular flexibility index (Phi) is 4.34. The number of carbonyl (C=O) groups is 1. The van der Waals surface area contributed by atoms with Crippen molar-refractivity contribution in [2.75, 3.05) is 13.1 Å². The first kappa shape index (κ1) is 15.3. The van der Waals surface area contributed by atoms with Gasteiger partial charge in [-0.3, -0.25) is 0 Å². The zero-order chi connectivity index (χ0) is 14.1. The van der Waals surface area contributed by atoms with Gasteiger partial charge in [-0.1, -0.05) is 48.5 Å². The molecule has 1 fully saturated rings. The van der Waals surface area contributed by atoms with E-state index in [0.717, 1.165) is 19.5 Å². The summed E-state index contributed by atoms with van der Waals surface area (Å²) in [5.74, 6) is 0.377. The first-order chi connectivity index (χ1) is 8.07. The van der Waals surface area contributed by atoms with Gasteiger partial charge in [-0.2, -0.15) is 0 Å². The van der Waals surface area contributed by atoms with Crippen molar-refractivity contribution in [1.29, 1.82) is 0 Å². The second kappa shape index (κ2) is 5.10. The van der Waals surface area contributed by atoms with Crippen LogP contribution in [0.15, 0.2) is 0 Å². The second-order valence-corrected chi connectivity index (χ2v) is 7.59. The molecule has 1 aliphatic heterocycles. The van der Waals surface area contributed by atoms with Crippen molar-refractivity contribution < 1.29 is 9.53 Å². The van der Waals surface area contributed by atoms with Crippen molar-refractivity contribution in [1.82, 2.24) is 4.90 Å². The van der Waals surface area contributed by atoms with Crippen LogP contribution in [0.5, 0.6) is 0 Å². The van der Waals surface area contributed by atoms with Crippen LogP contribution in [0.1, 0.15) is 54.9 Å². The summed E-state index contributed by atoms with van der Waals surface area (Å²) in [6.07, 6.45) is 0.835. The predicted octanol–water partition coefficient (Wildman–Crippen LogP) is 3.93. The lowest BCUT2D eigenvalue weighted by Crippen LogP contribution is -2.56. The molecule has 18 heavy (non-hydrogen) atoms. The van der Waals surface area contributed by atoms with Gasteiger partial charge in [0.15, 0.2) is 0 Å². The van der Waals surface area contributed by atoms with Gasteiger partial charge in [0, 0.05) is 19.0 Å². The SMILES string of the molecule is CCCN1CC(C(C)(C)C)C(C(C)(C)C)OC1=O. The monoisotopic (exact) mass is 255 g/mol. The van der Waals surface area contributed by atoms with Crippen molar-refractivity contribution in [3.8, 4) is 0 Å². The summed E-state index contributed by atoms with van der Waals surface area (Å²) in [6.45, 7) is 16.9. The van der Waals surface area contributed by atoms with Crippen LogP contribution in [0.3, 0.4) is 0 Å². The largest absolute Gasteiger partial charge is 0.445 e. The maximum atomic E-state index is 12.0. The highest BCUT2D eigenvalue weighted by Crippen LogP contribution is 2.41. The highest BCUT2D eigenvalue weighted by Gasteiger charge is 2.46. The number of hydrogen-bond acceptors (Lipinski definition) is 2. The molecule has 1 saturated heterocycles. The summed E-state index contributed by atoms with van der Waals surface area (Å²) >= 11 is 0. The molecule has 0 aliphatic carbocycles. The molecule has 2 unspecified atom stereocenters. The molecular formula is C15H29NO2. The number of amides is 1. The maximum Gasteiger partial charge on any atom is 0.410 e. The summed E-state index contributed by atoms with van der Waals surface area (Å²) in [7, 11) is 0. The van der Waals surface area contributed by atoms with Crippen molar-refractivity contribution in [2.24, 2.45) is 16.7 Å². The van der Waals surface area contributed by atoms with E-state index in [2.05, 4.69) is 48.5 Å². The fourth-order valence-corrected chi connectivity index (χ4v) is 2.63. The quantitative estimate of drug-likeness (QED) is 0.748. The van der Waals surface area contributed by atoms with Crippen molar-refractivity contribution in [3.05, 3.63) is 0 Å². The molecule has 1 aliphatic rings. The van der Waals surface area contributed by atoms with E-state index in [1.807, 2.05) is 4.90 Å². The van der Waals surface area contributed by atoms with Crippen LogP contribution < -0.4 is 0 Å². The lowest BCUT2D eigenvalue weighted by atomic mass is 9.69. The number of hydrogen-bond donors (Lipinski definition) is 0. The predicted molar refractivity (Wildman–Crippen MR) is 74.5 cm³/mol. The van der Waals surface area contributed by atoms with Crippen molar-refractivity contribution >= 4 is 6.09 Å². The molecule has 1 amide bonds. The Hall–Kier alpha value is -0.730. The minimum Gasteiger partial charge on any atom is -0.445 e. The number of nitrogens with zero attached hydrogens (tertiary/aromatic N) is 1. The highest BCUT2D eigenvalue weighted by atomic mass is 16.6. The van der Waals surface area contributed by atoms with E-state index in [4.69, 9.17) is 4.74 Å². The summed E-state index contributed by atoms with van der Waals surface area (Å²) in [6, 6.07) is 0. The summed E-state index contributed by atoms with van der Waals surface area (Å²) in [4.78, 5) is 13.9. The lowest BCUT2D eigenvalue weighted by molar-refractivity contribution is -0.0927. The van der Waals surface area contributed by atoms with Crippen molar-refractivity contribution in [3.63, 3.8) is 0 Å². The highest BCUT2D eigenvalue weighted by molar-refractivity contribution is 5.68. The van der Waals surface area contributed by atoms with Gasteiger partial charge >= 0.3 is 6.09 Å². The number of carbonyl (C=O) groups excluding carboxylic acids is 1. The van der Waals surface area contributed by atoms with Crippen LogP contribution in [0.4, 0.5) is 4.79 Å². The Morgan fingerprint density at radius 1 is 1.17 bits per heavy atom. The molecule has 3 nitrogen and oxygen atoms in total. The molecular weight excluding hydrogens is 226 g/mol. The zero-order valence-electron chi connectivity index (χ0n) is 13.0. The van der Waals surface area contributed by atoms with E-state index >= 15 is 0 Å². The Morgan fingerprint density at radius 3 is 2.11 bits per heavy atom. The first-order valence-corrected chi connectivity index (χ1v) is 7.03. The van der Waals surface area contributed by atoms with Crippen LogP contribution in [0.25, 0.3) is 0 Å². The number of cyclic esters (lactones) is 1. The minimum atomic E-state index is -0.141. The van der Waals surface area contributed by atoms with Gasteiger partial charge in [0.1, 0.15) is 6.10 Å². The van der Waals surface area contributed by atoms with Crippen molar-refractivity contribution in [2.45, 2.75) is 61.0 Å². The molecule has 0 N–H and O–H groups in total. The summed E-state index contributed by atoms with van der Waals surface area (Å²) in [5, 5.41) is 0. The normalized spacial score (nSPS) is 26.2. The molecule has 3 heteroatoms. The van der Waals surface area contributed by atoms with E-state index in [1.54, 1.807) is 0 Å². The summed E-state index contributed by atoms with van der Waals surface area (Å²) < 4.78 is 5.74. The van der Waals surface area contributed by atoms with E-state index in [-0.39, 0.29) is 23.0 Å². The van der Waals surface area contributed by atoms with Gasteiger partial charge < -0.3 is 9.64 Å². The molecule has 1 heterocycles. The molecule has 0 aromatic heterocycles. The van der Waals surface area contributed by atoms with Crippen LogP contribution >= 0.6 is 0 Å². The third-order valence-electron chi connectivity index (χ3n) is 3.73. The van der Waals surface area contributed by atoms with Gasteiger partial charge in [0.05, 0.1) is 0 Å². The standard InChI is InChI=1S/C15H29NO2/c1-8-9-16-10-11(14(2,3)4)12(15(5,6)7)18-13(16)17/h11-12H,8-10H2,1-7H3. The van der Waals surface area contributed by atoms with Gasteiger partial charge in [0.25, 0.3) is 0 Å². The smallest absolute Gasteiger partial charge is 0.410 e. The molecule has 0 aromatic carbocycles. The van der Waals surface area contributed by atoms with E-state index in [9.17, 15) is 4.79 Å². The van der Waals surface area contributed by atoms with Gasteiger partial charge in [-0.05, 0) is 17.3 Å². The fraction of sp³-hybridized carbons (Fsp3) is 0.933. The minimum absolute atomic E-state index is 0.00175. The third kappa shape index (κ3) is 3.39. The molecule has 0 bridgehead atoms. The summed E-state index contributed by atoms with van der Waals surface area (Å²) in [5.41, 5.74) is 0.135.